The number of pyridine rings is 1. The minimum atomic E-state index is 0.261. The van der Waals surface area contributed by atoms with Crippen LogP contribution >= 0.6 is 11.6 Å². The van der Waals surface area contributed by atoms with E-state index >= 15 is 0 Å². The van der Waals surface area contributed by atoms with Crippen molar-refractivity contribution in [3.05, 3.63) is 77.6 Å². The normalized spacial score (nSPS) is 18.7. The summed E-state index contributed by atoms with van der Waals surface area (Å²) in [5.41, 5.74) is 5.06. The molecular weight excluding hydrogens is 470 g/mol. The second kappa shape index (κ2) is 9.91. The highest BCUT2D eigenvalue weighted by Crippen LogP contribution is 2.37. The summed E-state index contributed by atoms with van der Waals surface area (Å²) >= 11 is 6.29. The third kappa shape index (κ3) is 4.68. The molecule has 2 aromatic carbocycles. The van der Waals surface area contributed by atoms with E-state index in [0.717, 1.165) is 73.1 Å². The average Bonchev–Trinajstić information content (AvgIpc) is 3.40. The van der Waals surface area contributed by atoms with Gasteiger partial charge in [-0.2, -0.15) is 0 Å². The molecule has 2 aliphatic rings. The number of anilines is 4. The summed E-state index contributed by atoms with van der Waals surface area (Å²) in [7, 11) is 2.18. The largest absolute Gasteiger partial charge is 0.369 e. The molecule has 184 valence electrons. The van der Waals surface area contributed by atoms with Crippen LogP contribution in [0.2, 0.25) is 5.02 Å². The fourth-order valence-electron chi connectivity index (χ4n) is 5.24. The van der Waals surface area contributed by atoms with Gasteiger partial charge in [-0.3, -0.25) is 0 Å². The Morgan fingerprint density at radius 3 is 2.56 bits per heavy atom. The Hall–Kier alpha value is -3.42. The second-order valence-electron chi connectivity index (χ2n) is 9.63. The maximum absolute atomic E-state index is 6.29. The van der Waals surface area contributed by atoms with Crippen LogP contribution < -0.4 is 15.1 Å². The van der Waals surface area contributed by atoms with Crippen LogP contribution in [-0.4, -0.2) is 59.6 Å². The SMILES string of the molecule is CN1CCN(c2ccc(Nc3ncnc4ccc(N5CCCC5c5cccc(Cl)c5)nc34)cc2)CC1. The number of nitrogens with one attached hydrogen (secondary N) is 1. The van der Waals surface area contributed by atoms with Gasteiger partial charge >= 0.3 is 0 Å². The van der Waals surface area contributed by atoms with Crippen molar-refractivity contribution in [3.8, 4) is 0 Å². The number of piperazine rings is 1. The van der Waals surface area contributed by atoms with Gasteiger partial charge < -0.3 is 20.0 Å². The summed E-state index contributed by atoms with van der Waals surface area (Å²) < 4.78 is 0. The molecule has 0 radical (unpaired) electrons. The topological polar surface area (TPSA) is 60.4 Å². The first-order valence-corrected chi connectivity index (χ1v) is 13.0. The van der Waals surface area contributed by atoms with Crippen molar-refractivity contribution in [1.82, 2.24) is 19.9 Å². The Morgan fingerprint density at radius 1 is 0.917 bits per heavy atom. The fourth-order valence-corrected chi connectivity index (χ4v) is 5.44. The van der Waals surface area contributed by atoms with Gasteiger partial charge in [0.05, 0.1) is 11.6 Å². The molecule has 6 rings (SSSR count). The zero-order chi connectivity index (χ0) is 24.5. The van der Waals surface area contributed by atoms with Crippen LogP contribution in [0.5, 0.6) is 0 Å². The number of fused-ring (bicyclic) bond motifs is 1. The van der Waals surface area contributed by atoms with Gasteiger partial charge in [0.15, 0.2) is 5.82 Å². The van der Waals surface area contributed by atoms with Crippen LogP contribution in [0.1, 0.15) is 24.4 Å². The third-order valence-electron chi connectivity index (χ3n) is 7.25. The molecule has 0 saturated carbocycles. The molecular formula is C28H30ClN7. The maximum Gasteiger partial charge on any atom is 0.160 e. The molecule has 1 N–H and O–H groups in total. The molecule has 0 bridgehead atoms. The predicted octanol–water partition coefficient (Wildman–Crippen LogP) is 5.52. The maximum atomic E-state index is 6.29. The summed E-state index contributed by atoms with van der Waals surface area (Å²) in [6, 6.07) is 21.1. The fraction of sp³-hybridized carbons (Fsp3) is 0.321. The van der Waals surface area contributed by atoms with Crippen molar-refractivity contribution >= 4 is 45.6 Å². The third-order valence-corrected chi connectivity index (χ3v) is 7.48. The molecule has 2 fully saturated rings. The molecule has 4 heterocycles. The number of hydrogen-bond acceptors (Lipinski definition) is 7. The molecule has 36 heavy (non-hydrogen) atoms. The number of rotatable bonds is 5. The summed E-state index contributed by atoms with van der Waals surface area (Å²) in [5, 5.41) is 4.24. The highest BCUT2D eigenvalue weighted by molar-refractivity contribution is 6.30. The smallest absolute Gasteiger partial charge is 0.160 e. The second-order valence-corrected chi connectivity index (χ2v) is 10.1. The molecule has 0 aliphatic carbocycles. The Morgan fingerprint density at radius 2 is 1.75 bits per heavy atom. The Balaban J connectivity index is 1.25. The molecule has 2 aromatic heterocycles. The molecule has 8 heteroatoms. The molecule has 2 aliphatic heterocycles. The summed E-state index contributed by atoms with van der Waals surface area (Å²) in [6.45, 7) is 5.25. The monoisotopic (exact) mass is 499 g/mol. The van der Waals surface area contributed by atoms with E-state index in [-0.39, 0.29) is 6.04 Å². The van der Waals surface area contributed by atoms with E-state index in [1.165, 1.54) is 11.3 Å². The first-order chi connectivity index (χ1) is 17.6. The van der Waals surface area contributed by atoms with Crippen molar-refractivity contribution in [1.29, 1.82) is 0 Å². The summed E-state index contributed by atoms with van der Waals surface area (Å²) in [4.78, 5) is 21.2. The number of hydrogen-bond donors (Lipinski definition) is 1. The number of halogens is 1. The first-order valence-electron chi connectivity index (χ1n) is 12.6. The van der Waals surface area contributed by atoms with Crippen molar-refractivity contribution in [2.45, 2.75) is 18.9 Å². The highest BCUT2D eigenvalue weighted by atomic mass is 35.5. The van der Waals surface area contributed by atoms with E-state index in [2.05, 4.69) is 79.5 Å². The van der Waals surface area contributed by atoms with E-state index < -0.39 is 0 Å². The minimum Gasteiger partial charge on any atom is -0.369 e. The van der Waals surface area contributed by atoms with Crippen LogP contribution in [0, 0.1) is 0 Å². The lowest BCUT2D eigenvalue weighted by molar-refractivity contribution is 0.313. The minimum absolute atomic E-state index is 0.261. The summed E-state index contributed by atoms with van der Waals surface area (Å²) in [6.07, 6.45) is 3.79. The molecule has 0 amide bonds. The van der Waals surface area contributed by atoms with Crippen molar-refractivity contribution in [2.75, 3.05) is 54.9 Å². The highest BCUT2D eigenvalue weighted by Gasteiger charge is 2.27. The van der Waals surface area contributed by atoms with Crippen LogP contribution in [0.3, 0.4) is 0 Å². The Bertz CT molecular complexity index is 1350. The van der Waals surface area contributed by atoms with Gasteiger partial charge in [-0.25, -0.2) is 15.0 Å². The van der Waals surface area contributed by atoms with Gasteiger partial charge in [-0.15, -0.1) is 0 Å². The van der Waals surface area contributed by atoms with E-state index in [1.54, 1.807) is 6.33 Å². The van der Waals surface area contributed by atoms with Gasteiger partial charge in [-0.1, -0.05) is 23.7 Å². The van der Waals surface area contributed by atoms with E-state index in [0.29, 0.717) is 5.82 Å². The van der Waals surface area contributed by atoms with E-state index in [1.807, 2.05) is 18.2 Å². The van der Waals surface area contributed by atoms with Crippen LogP contribution in [-0.2, 0) is 0 Å². The molecule has 0 spiro atoms. The van der Waals surface area contributed by atoms with Crippen LogP contribution in [0.25, 0.3) is 11.0 Å². The van der Waals surface area contributed by atoms with E-state index in [4.69, 9.17) is 16.6 Å². The summed E-state index contributed by atoms with van der Waals surface area (Å²) in [5.74, 6) is 1.65. The van der Waals surface area contributed by atoms with Gasteiger partial charge in [-0.05, 0) is 74.0 Å². The zero-order valence-corrected chi connectivity index (χ0v) is 21.2. The Kier molecular flexibility index (Phi) is 6.34. The lowest BCUT2D eigenvalue weighted by Gasteiger charge is -2.34. The quantitative estimate of drug-likeness (QED) is 0.388. The van der Waals surface area contributed by atoms with Gasteiger partial charge in [0.25, 0.3) is 0 Å². The number of likely N-dealkylation sites (N-methyl/N-ethyl adjacent to an activating group) is 1. The van der Waals surface area contributed by atoms with Crippen LogP contribution in [0.15, 0.2) is 67.0 Å². The number of aromatic nitrogens is 3. The van der Waals surface area contributed by atoms with Gasteiger partial charge in [0.1, 0.15) is 17.7 Å². The molecule has 4 aromatic rings. The predicted molar refractivity (Wildman–Crippen MR) is 148 cm³/mol. The molecule has 2 saturated heterocycles. The van der Waals surface area contributed by atoms with Crippen LogP contribution in [0.4, 0.5) is 23.0 Å². The van der Waals surface area contributed by atoms with Crippen molar-refractivity contribution in [3.63, 3.8) is 0 Å². The first kappa shape index (κ1) is 23.0. The lowest BCUT2D eigenvalue weighted by atomic mass is 10.0. The molecule has 7 nitrogen and oxygen atoms in total. The lowest BCUT2D eigenvalue weighted by Crippen LogP contribution is -2.44. The zero-order valence-electron chi connectivity index (χ0n) is 20.4. The van der Waals surface area contributed by atoms with Gasteiger partial charge in [0, 0.05) is 49.1 Å². The number of benzene rings is 2. The molecule has 1 unspecified atom stereocenters. The molecule has 1 atom stereocenters. The van der Waals surface area contributed by atoms with E-state index in [9.17, 15) is 0 Å². The van der Waals surface area contributed by atoms with Crippen molar-refractivity contribution < 1.29 is 0 Å². The van der Waals surface area contributed by atoms with Gasteiger partial charge in [0.2, 0.25) is 0 Å². The van der Waals surface area contributed by atoms with Crippen molar-refractivity contribution in [2.24, 2.45) is 0 Å². The standard InChI is InChI=1S/C28H30ClN7/c1-34-14-16-35(17-15-34)23-9-7-22(8-10-23)32-28-27-24(30-19-31-28)11-12-26(33-27)36-13-3-6-25(36)20-4-2-5-21(29)18-20/h2,4-5,7-12,18-19,25H,3,6,13-17H2,1H3,(H,30,31,32). The average molecular weight is 500 g/mol. The number of nitrogens with zero attached hydrogens (tertiary/aromatic N) is 6. The Labute approximate surface area is 216 Å².